The molecule has 9 rings (SSSR count). The van der Waals surface area contributed by atoms with E-state index in [-0.39, 0.29) is 31.8 Å². The van der Waals surface area contributed by atoms with Gasteiger partial charge in [0.05, 0.1) is 22.4 Å². The highest BCUT2D eigenvalue weighted by atomic mass is 35.5. The Morgan fingerprint density at radius 2 is 1.25 bits per heavy atom. The van der Waals surface area contributed by atoms with Gasteiger partial charge in [-0.1, -0.05) is 89.4 Å². The van der Waals surface area contributed by atoms with Crippen molar-refractivity contribution in [2.24, 2.45) is 11.8 Å². The predicted octanol–water partition coefficient (Wildman–Crippen LogP) is 7.20. The zero-order valence-electron chi connectivity index (χ0n) is 27.4. The Hall–Kier alpha value is -5.29. The van der Waals surface area contributed by atoms with Gasteiger partial charge in [0.15, 0.2) is 5.78 Å². The van der Waals surface area contributed by atoms with Gasteiger partial charge in [-0.15, -0.1) is 0 Å². The van der Waals surface area contributed by atoms with Crippen molar-refractivity contribution in [1.82, 2.24) is 10.0 Å². The van der Waals surface area contributed by atoms with Crippen molar-refractivity contribution in [3.05, 3.63) is 164 Å². The van der Waals surface area contributed by atoms with Crippen molar-refractivity contribution >= 4 is 56.8 Å². The fourth-order valence-corrected chi connectivity index (χ4v) is 9.16. The molecular formula is C40H28Cl2N2O7S. The van der Waals surface area contributed by atoms with Crippen LogP contribution in [-0.2, 0) is 19.7 Å². The normalized spacial score (nSPS) is 19.9. The summed E-state index contributed by atoms with van der Waals surface area (Å²) in [4.78, 5) is 57.4. The lowest BCUT2D eigenvalue weighted by Crippen LogP contribution is -2.52. The van der Waals surface area contributed by atoms with Crippen LogP contribution in [0.1, 0.15) is 60.4 Å². The Morgan fingerprint density at radius 1 is 0.731 bits per heavy atom. The fourth-order valence-electron chi connectivity index (χ4n) is 7.74. The molecule has 0 radical (unpaired) electrons. The topological polar surface area (TPSA) is 118 Å². The van der Waals surface area contributed by atoms with Crippen molar-refractivity contribution in [2.75, 3.05) is 6.54 Å². The Kier molecular flexibility index (Phi) is 8.28. The standard InChI is InChI=1S/C40H28Cl2N2O7S/c1-22-10-17-26(18-11-22)52(49,50)51-25-15-12-23(13-16-25)33(45)21-43(38(46)31-19-14-24(41)20-32(31)42)44-39(47)36-34-27-6-2-3-7-28(27)35(37(36)40(44)48)30-9-5-4-8-29(30)34/h2-20,34-37H,21H2,1H3/t34?,35?,36-,37+. The van der Waals surface area contributed by atoms with Gasteiger partial charge in [0.2, 0.25) is 0 Å². The van der Waals surface area contributed by atoms with E-state index in [4.69, 9.17) is 27.4 Å². The van der Waals surface area contributed by atoms with Crippen molar-refractivity contribution < 1.29 is 31.8 Å². The number of Topliss-reactive ketones (excluding diaryl/α,β-unsaturated/α-hetero) is 1. The van der Waals surface area contributed by atoms with Gasteiger partial charge in [-0.3, -0.25) is 19.2 Å². The molecule has 0 saturated carbocycles. The Labute approximate surface area is 309 Å². The van der Waals surface area contributed by atoms with E-state index < -0.39 is 63.8 Å². The lowest BCUT2D eigenvalue weighted by molar-refractivity contribution is -0.154. The molecule has 0 N–H and O–H groups in total. The van der Waals surface area contributed by atoms with Gasteiger partial charge < -0.3 is 4.18 Å². The third-order valence-corrected chi connectivity index (χ3v) is 11.9. The van der Waals surface area contributed by atoms with E-state index in [0.29, 0.717) is 0 Å². The number of hydrogen-bond donors (Lipinski definition) is 0. The number of nitrogens with zero attached hydrogens (tertiary/aromatic N) is 2. The summed E-state index contributed by atoms with van der Waals surface area (Å²) in [5.41, 5.74) is 4.72. The zero-order chi connectivity index (χ0) is 36.5. The molecule has 4 aliphatic rings. The number of aryl methyl sites for hydroxylation is 1. The number of amides is 3. The summed E-state index contributed by atoms with van der Waals surface area (Å²) < 4.78 is 30.9. The molecule has 0 spiro atoms. The Balaban J connectivity index is 1.13. The number of hydrazine groups is 1. The first-order valence-electron chi connectivity index (χ1n) is 16.4. The third-order valence-electron chi connectivity index (χ3n) is 10.0. The first-order valence-corrected chi connectivity index (χ1v) is 18.6. The van der Waals surface area contributed by atoms with Gasteiger partial charge in [0.25, 0.3) is 17.7 Å². The smallest absolute Gasteiger partial charge is 0.339 e. The summed E-state index contributed by atoms with van der Waals surface area (Å²) >= 11 is 12.6. The average molecular weight is 752 g/mol. The molecule has 5 aromatic carbocycles. The highest BCUT2D eigenvalue weighted by Crippen LogP contribution is 2.61. The van der Waals surface area contributed by atoms with E-state index in [1.54, 1.807) is 12.1 Å². The molecular weight excluding hydrogens is 723 g/mol. The minimum absolute atomic E-state index is 0.0253. The van der Waals surface area contributed by atoms with Crippen LogP contribution in [0.25, 0.3) is 0 Å². The van der Waals surface area contributed by atoms with Crippen LogP contribution in [-0.4, -0.2) is 48.5 Å². The maximum Gasteiger partial charge on any atom is 0.339 e. The zero-order valence-corrected chi connectivity index (χ0v) is 29.7. The lowest BCUT2D eigenvalue weighted by Gasteiger charge is -2.45. The molecule has 2 atom stereocenters. The van der Waals surface area contributed by atoms with Crippen LogP contribution in [0, 0.1) is 18.8 Å². The van der Waals surface area contributed by atoms with Crippen LogP contribution in [0.5, 0.6) is 5.75 Å². The molecule has 3 amide bonds. The molecule has 12 heteroatoms. The van der Waals surface area contributed by atoms with Crippen LogP contribution in [0.4, 0.5) is 0 Å². The van der Waals surface area contributed by atoms with E-state index in [2.05, 4.69) is 0 Å². The molecule has 0 unspecified atom stereocenters. The van der Waals surface area contributed by atoms with Gasteiger partial charge >= 0.3 is 10.1 Å². The minimum atomic E-state index is -4.15. The van der Waals surface area contributed by atoms with Crippen molar-refractivity contribution in [3.8, 4) is 5.75 Å². The van der Waals surface area contributed by atoms with Gasteiger partial charge in [0, 0.05) is 22.4 Å². The quantitative estimate of drug-likeness (QED) is 0.0935. The second-order valence-corrected chi connectivity index (χ2v) is 15.4. The predicted molar refractivity (Wildman–Crippen MR) is 193 cm³/mol. The maximum atomic E-state index is 14.6. The van der Waals surface area contributed by atoms with E-state index in [0.717, 1.165) is 37.8 Å². The molecule has 0 aromatic heterocycles. The molecule has 5 aromatic rings. The van der Waals surface area contributed by atoms with E-state index in [1.165, 1.54) is 54.6 Å². The van der Waals surface area contributed by atoms with Crippen LogP contribution in [0.3, 0.4) is 0 Å². The number of benzene rings is 5. The largest absolute Gasteiger partial charge is 0.379 e. The average Bonchev–Trinajstić information content (AvgIpc) is 3.40. The summed E-state index contributed by atoms with van der Waals surface area (Å²) in [5.74, 6) is -5.17. The minimum Gasteiger partial charge on any atom is -0.379 e. The molecule has 3 aliphatic carbocycles. The number of imide groups is 1. The van der Waals surface area contributed by atoms with E-state index in [9.17, 15) is 27.6 Å². The Morgan fingerprint density at radius 3 is 1.75 bits per heavy atom. The van der Waals surface area contributed by atoms with E-state index >= 15 is 0 Å². The number of carbonyl (C=O) groups excluding carboxylic acids is 4. The highest BCUT2D eigenvalue weighted by Gasteiger charge is 2.63. The summed E-state index contributed by atoms with van der Waals surface area (Å²) in [6, 6.07) is 31.2. The van der Waals surface area contributed by atoms with Crippen LogP contribution in [0.15, 0.2) is 120 Å². The third kappa shape index (κ3) is 5.49. The van der Waals surface area contributed by atoms with Crippen molar-refractivity contribution in [3.63, 3.8) is 0 Å². The molecule has 260 valence electrons. The molecule has 1 heterocycles. The monoisotopic (exact) mass is 750 g/mol. The van der Waals surface area contributed by atoms with Gasteiger partial charge in [-0.05, 0) is 83.8 Å². The fraction of sp³-hybridized carbons (Fsp3) is 0.150. The molecule has 1 saturated heterocycles. The van der Waals surface area contributed by atoms with Crippen LogP contribution >= 0.6 is 23.2 Å². The lowest BCUT2D eigenvalue weighted by atomic mass is 9.55. The number of rotatable bonds is 8. The number of hydrogen-bond acceptors (Lipinski definition) is 7. The molecule has 52 heavy (non-hydrogen) atoms. The second-order valence-electron chi connectivity index (χ2n) is 13.0. The summed E-state index contributed by atoms with van der Waals surface area (Å²) in [5, 5.41) is 1.93. The molecule has 2 bridgehead atoms. The first-order chi connectivity index (χ1) is 24.9. The first kappa shape index (κ1) is 33.8. The number of halogens is 2. The maximum absolute atomic E-state index is 14.6. The summed E-state index contributed by atoms with van der Waals surface area (Å²) in [6.45, 7) is 1.13. The van der Waals surface area contributed by atoms with Crippen LogP contribution in [0.2, 0.25) is 10.0 Å². The molecule has 1 fully saturated rings. The van der Waals surface area contributed by atoms with Crippen molar-refractivity contribution in [1.29, 1.82) is 0 Å². The summed E-state index contributed by atoms with van der Waals surface area (Å²) in [7, 11) is -4.15. The van der Waals surface area contributed by atoms with Gasteiger partial charge in [-0.25, -0.2) is 5.01 Å². The summed E-state index contributed by atoms with van der Waals surface area (Å²) in [6.07, 6.45) is 0. The van der Waals surface area contributed by atoms with Gasteiger partial charge in [0.1, 0.15) is 17.2 Å². The SMILES string of the molecule is Cc1ccc(S(=O)(=O)Oc2ccc(C(=O)CN(C(=O)c3ccc(Cl)cc3Cl)N3C(=O)[C@@H]4C5c6ccccc6C(c6ccccc65)[C@@H]4C3=O)cc2)cc1. The number of carbonyl (C=O) groups is 4. The molecule has 9 nitrogen and oxygen atoms in total. The Bertz CT molecular complexity index is 2320. The second kappa shape index (κ2) is 12.7. The number of ketones is 1. The highest BCUT2D eigenvalue weighted by molar-refractivity contribution is 7.87. The van der Waals surface area contributed by atoms with Crippen molar-refractivity contribution in [2.45, 2.75) is 23.7 Å². The van der Waals surface area contributed by atoms with E-state index in [1.807, 2.05) is 55.5 Å². The molecule has 1 aliphatic heterocycles. The van der Waals surface area contributed by atoms with Gasteiger partial charge in [-0.2, -0.15) is 13.4 Å². The van der Waals surface area contributed by atoms with Crippen LogP contribution < -0.4 is 4.18 Å².